The summed E-state index contributed by atoms with van der Waals surface area (Å²) in [7, 11) is 0. The molecule has 0 amide bonds. The lowest BCUT2D eigenvalue weighted by Crippen LogP contribution is -2.07. The minimum atomic E-state index is -0.420. The molecule has 0 spiro atoms. The Morgan fingerprint density at radius 1 is 1.60 bits per heavy atom. The second-order valence-electron chi connectivity index (χ2n) is 2.70. The highest BCUT2D eigenvalue weighted by Crippen LogP contribution is 2.12. The van der Waals surface area contributed by atoms with E-state index in [1.165, 1.54) is 0 Å². The predicted molar refractivity (Wildman–Crippen MR) is 39.2 cm³/mol. The van der Waals surface area contributed by atoms with Crippen molar-refractivity contribution in [3.8, 4) is 6.07 Å². The van der Waals surface area contributed by atoms with Gasteiger partial charge in [-0.25, -0.2) is 0 Å². The number of carbonyl (C=O) groups is 1. The van der Waals surface area contributed by atoms with Gasteiger partial charge in [-0.15, -0.1) is 0 Å². The van der Waals surface area contributed by atoms with Gasteiger partial charge in [-0.1, -0.05) is 12.2 Å². The molecule has 0 heterocycles. The number of hydrogen-bond donors (Lipinski definition) is 0. The number of aldehydes is 1. The van der Waals surface area contributed by atoms with Crippen molar-refractivity contribution in [3.63, 3.8) is 0 Å². The number of rotatable bonds is 3. The van der Waals surface area contributed by atoms with Crippen LogP contribution in [0.5, 0.6) is 0 Å². The number of allylic oxidation sites excluding steroid dienone is 2. The van der Waals surface area contributed by atoms with Crippen LogP contribution in [0.1, 0.15) is 20.3 Å². The fraction of sp³-hybridized carbons (Fsp3) is 0.500. The Bertz CT molecular complexity index is 174. The summed E-state index contributed by atoms with van der Waals surface area (Å²) >= 11 is 0. The predicted octanol–water partition coefficient (Wildman–Crippen LogP) is 1.68. The first-order chi connectivity index (χ1) is 4.62. The molecule has 2 heteroatoms. The Morgan fingerprint density at radius 2 is 2.20 bits per heavy atom. The zero-order chi connectivity index (χ0) is 8.04. The molecule has 0 radical (unpaired) electrons. The van der Waals surface area contributed by atoms with Gasteiger partial charge in [-0.3, -0.25) is 0 Å². The van der Waals surface area contributed by atoms with E-state index in [9.17, 15) is 4.79 Å². The van der Waals surface area contributed by atoms with Gasteiger partial charge in [0.25, 0.3) is 0 Å². The van der Waals surface area contributed by atoms with Crippen LogP contribution in [-0.4, -0.2) is 6.29 Å². The lowest BCUT2D eigenvalue weighted by atomic mass is 9.95. The van der Waals surface area contributed by atoms with Gasteiger partial charge in [0.05, 0.1) is 12.5 Å². The van der Waals surface area contributed by atoms with Crippen LogP contribution in [0.4, 0.5) is 0 Å². The van der Waals surface area contributed by atoms with E-state index in [1.807, 2.05) is 6.07 Å². The largest absolute Gasteiger partial charge is 0.302 e. The molecular weight excluding hydrogens is 126 g/mol. The smallest absolute Gasteiger partial charge is 0.129 e. The molecular formula is C8H11NO. The van der Waals surface area contributed by atoms with Gasteiger partial charge in [0.15, 0.2) is 0 Å². The molecule has 2 nitrogen and oxygen atoms in total. The maximum atomic E-state index is 10.3. The topological polar surface area (TPSA) is 40.9 Å². The quantitative estimate of drug-likeness (QED) is 0.438. The summed E-state index contributed by atoms with van der Waals surface area (Å²) in [4.78, 5) is 10.3. The summed E-state index contributed by atoms with van der Waals surface area (Å²) < 4.78 is 0. The molecule has 0 bridgehead atoms. The van der Waals surface area contributed by atoms with Gasteiger partial charge in [-0.05, 0) is 13.8 Å². The third kappa shape index (κ3) is 3.85. The third-order valence-electron chi connectivity index (χ3n) is 1.06. The monoisotopic (exact) mass is 137 g/mol. The van der Waals surface area contributed by atoms with Gasteiger partial charge in [0.2, 0.25) is 0 Å². The summed E-state index contributed by atoms with van der Waals surface area (Å²) in [5, 5.41) is 8.15. The highest BCUT2D eigenvalue weighted by Gasteiger charge is 2.09. The highest BCUT2D eigenvalue weighted by molar-refractivity contribution is 5.61. The van der Waals surface area contributed by atoms with Gasteiger partial charge in [0.1, 0.15) is 6.29 Å². The first kappa shape index (κ1) is 8.90. The molecule has 0 unspecified atom stereocenters. The fourth-order valence-electron chi connectivity index (χ4n) is 0.455. The molecule has 0 N–H and O–H groups in total. The number of nitriles is 1. The minimum absolute atomic E-state index is 0.372. The molecule has 0 fully saturated rings. The van der Waals surface area contributed by atoms with Gasteiger partial charge < -0.3 is 4.79 Å². The van der Waals surface area contributed by atoms with Crippen LogP contribution < -0.4 is 0 Å². The average molecular weight is 137 g/mol. The maximum absolute atomic E-state index is 10.3. The Kier molecular flexibility index (Phi) is 3.42. The molecule has 10 heavy (non-hydrogen) atoms. The Balaban J connectivity index is 3.89. The van der Waals surface area contributed by atoms with E-state index in [0.717, 1.165) is 6.29 Å². The van der Waals surface area contributed by atoms with Crippen molar-refractivity contribution < 1.29 is 4.79 Å². The first-order valence-electron chi connectivity index (χ1n) is 3.13. The number of nitrogens with zero attached hydrogens (tertiary/aromatic N) is 1. The Labute approximate surface area is 61.2 Å². The third-order valence-corrected chi connectivity index (χ3v) is 1.06. The summed E-state index contributed by atoms with van der Waals surface area (Å²) in [5.74, 6) is 0. The Hall–Kier alpha value is -1.10. The lowest BCUT2D eigenvalue weighted by Gasteiger charge is -2.08. The zero-order valence-corrected chi connectivity index (χ0v) is 6.29. The average Bonchev–Trinajstić information content (AvgIpc) is 1.89. The molecule has 0 aromatic heterocycles. The molecule has 0 rings (SSSR count). The van der Waals surface area contributed by atoms with Crippen LogP contribution in [0, 0.1) is 16.7 Å². The summed E-state index contributed by atoms with van der Waals surface area (Å²) in [6.07, 6.45) is 4.68. The van der Waals surface area contributed by atoms with E-state index in [4.69, 9.17) is 5.26 Å². The molecule has 0 aliphatic rings. The van der Waals surface area contributed by atoms with Crippen molar-refractivity contribution in [2.24, 2.45) is 5.41 Å². The van der Waals surface area contributed by atoms with Crippen molar-refractivity contribution in [2.45, 2.75) is 20.3 Å². The molecule has 0 aliphatic heterocycles. The van der Waals surface area contributed by atoms with Crippen molar-refractivity contribution in [2.75, 3.05) is 0 Å². The first-order valence-corrected chi connectivity index (χ1v) is 3.13. The fourth-order valence-corrected chi connectivity index (χ4v) is 0.455. The van der Waals surface area contributed by atoms with Crippen LogP contribution in [-0.2, 0) is 4.79 Å². The zero-order valence-electron chi connectivity index (χ0n) is 6.29. The molecule has 0 atom stereocenters. The van der Waals surface area contributed by atoms with E-state index in [2.05, 4.69) is 0 Å². The summed E-state index contributed by atoms with van der Waals surface area (Å²) in [6.45, 7) is 3.60. The van der Waals surface area contributed by atoms with Crippen LogP contribution >= 0.6 is 0 Å². The maximum Gasteiger partial charge on any atom is 0.129 e. The van der Waals surface area contributed by atoms with Crippen molar-refractivity contribution in [3.05, 3.63) is 12.2 Å². The van der Waals surface area contributed by atoms with Crippen LogP contribution in [0.25, 0.3) is 0 Å². The van der Waals surface area contributed by atoms with Gasteiger partial charge in [0, 0.05) is 5.41 Å². The van der Waals surface area contributed by atoms with Crippen molar-refractivity contribution in [1.29, 1.82) is 5.26 Å². The van der Waals surface area contributed by atoms with Crippen LogP contribution in [0.3, 0.4) is 0 Å². The van der Waals surface area contributed by atoms with Gasteiger partial charge >= 0.3 is 0 Å². The second-order valence-corrected chi connectivity index (χ2v) is 2.70. The second kappa shape index (κ2) is 3.84. The van der Waals surface area contributed by atoms with E-state index >= 15 is 0 Å². The standard InChI is InChI=1S/C8H11NO/c1-8(2,7-10)5-3-4-6-9/h3,5,7H,4H2,1-2H3/b5-3+. The molecule has 0 saturated carbocycles. The number of carbonyl (C=O) groups excluding carboxylic acids is 1. The molecule has 54 valence electrons. The number of hydrogen-bond acceptors (Lipinski definition) is 2. The van der Waals surface area contributed by atoms with E-state index < -0.39 is 5.41 Å². The van der Waals surface area contributed by atoms with Gasteiger partial charge in [-0.2, -0.15) is 5.26 Å². The summed E-state index contributed by atoms with van der Waals surface area (Å²) in [6, 6.07) is 1.96. The highest BCUT2D eigenvalue weighted by atomic mass is 16.1. The van der Waals surface area contributed by atoms with E-state index in [-0.39, 0.29) is 0 Å². The molecule has 0 saturated heterocycles. The Morgan fingerprint density at radius 3 is 2.60 bits per heavy atom. The van der Waals surface area contributed by atoms with E-state index in [1.54, 1.807) is 26.0 Å². The summed E-state index contributed by atoms with van der Waals surface area (Å²) in [5.41, 5.74) is -0.420. The lowest BCUT2D eigenvalue weighted by molar-refractivity contribution is -0.112. The normalized spacial score (nSPS) is 11.3. The van der Waals surface area contributed by atoms with E-state index in [0.29, 0.717) is 6.42 Å². The minimum Gasteiger partial charge on any atom is -0.302 e. The van der Waals surface area contributed by atoms with Crippen molar-refractivity contribution in [1.82, 2.24) is 0 Å². The van der Waals surface area contributed by atoms with Crippen molar-refractivity contribution >= 4 is 6.29 Å². The van der Waals surface area contributed by atoms with Crippen LogP contribution in [0.2, 0.25) is 0 Å². The molecule has 0 aromatic carbocycles. The van der Waals surface area contributed by atoms with Crippen LogP contribution in [0.15, 0.2) is 12.2 Å². The molecule has 0 aromatic rings. The molecule has 0 aliphatic carbocycles. The SMILES string of the molecule is CC(C)(C=O)/C=C/CC#N.